The fraction of sp³-hybridized carbons (Fsp3) is 0.562. The zero-order chi connectivity index (χ0) is 14.4. The zero-order valence-corrected chi connectivity index (χ0v) is 13.2. The summed E-state index contributed by atoms with van der Waals surface area (Å²) in [6.45, 7) is 6.48. The van der Waals surface area contributed by atoms with E-state index >= 15 is 0 Å². The molecule has 20 heavy (non-hydrogen) atoms. The highest BCUT2D eigenvalue weighted by Gasteiger charge is 2.24. The molecule has 2 aromatic rings. The number of fused-ring (bicyclic) bond motifs is 1. The van der Waals surface area contributed by atoms with E-state index in [1.165, 1.54) is 10.3 Å². The van der Waals surface area contributed by atoms with E-state index in [2.05, 4.69) is 41.7 Å². The van der Waals surface area contributed by atoms with Gasteiger partial charge >= 0.3 is 0 Å². The second-order valence-electron chi connectivity index (χ2n) is 5.43. The quantitative estimate of drug-likeness (QED) is 0.782. The number of nitrogens with zero attached hydrogens (tertiary/aromatic N) is 1. The number of thiophene rings is 1. The van der Waals surface area contributed by atoms with Crippen LogP contribution in [0, 0.1) is 5.41 Å². The first-order chi connectivity index (χ1) is 9.73. The number of pyridine rings is 1. The van der Waals surface area contributed by atoms with Gasteiger partial charge in [0.25, 0.3) is 0 Å². The summed E-state index contributed by atoms with van der Waals surface area (Å²) < 4.78 is 1.25. The molecule has 0 saturated heterocycles. The highest BCUT2D eigenvalue weighted by molar-refractivity contribution is 7.17. The van der Waals surface area contributed by atoms with Gasteiger partial charge in [-0.15, -0.1) is 11.3 Å². The van der Waals surface area contributed by atoms with E-state index < -0.39 is 0 Å². The molecular weight excluding hydrogens is 268 g/mol. The minimum atomic E-state index is 0.217. The Morgan fingerprint density at radius 3 is 2.85 bits per heavy atom. The number of hydrogen-bond acceptors (Lipinski definition) is 4. The van der Waals surface area contributed by atoms with Gasteiger partial charge in [0.1, 0.15) is 0 Å². The van der Waals surface area contributed by atoms with Gasteiger partial charge in [-0.1, -0.05) is 13.8 Å². The Balaban J connectivity index is 1.93. The van der Waals surface area contributed by atoms with Crippen molar-refractivity contribution in [3.8, 4) is 0 Å². The van der Waals surface area contributed by atoms with E-state index in [4.69, 9.17) is 0 Å². The number of hydrogen-bond donors (Lipinski definition) is 2. The monoisotopic (exact) mass is 292 g/mol. The second kappa shape index (κ2) is 7.16. The summed E-state index contributed by atoms with van der Waals surface area (Å²) in [4.78, 5) is 4.46. The Bertz CT molecular complexity index is 534. The minimum absolute atomic E-state index is 0.217. The lowest BCUT2D eigenvalue weighted by Gasteiger charge is -2.31. The maximum absolute atomic E-state index is 9.24. The predicted octanol–water partition coefficient (Wildman–Crippen LogP) is 3.57. The smallest absolute Gasteiger partial charge is 0.0809 e. The molecule has 0 aliphatic rings. The minimum Gasteiger partial charge on any atom is -0.396 e. The second-order valence-corrected chi connectivity index (χ2v) is 6.38. The molecule has 3 nitrogen and oxygen atoms in total. The summed E-state index contributed by atoms with van der Waals surface area (Å²) in [5.74, 6) is 0. The summed E-state index contributed by atoms with van der Waals surface area (Å²) >= 11 is 1.73. The van der Waals surface area contributed by atoms with Crippen LogP contribution in [0.2, 0.25) is 0 Å². The lowest BCUT2D eigenvalue weighted by atomic mass is 9.79. The van der Waals surface area contributed by atoms with Gasteiger partial charge in [-0.25, -0.2) is 0 Å². The number of aliphatic hydroxyl groups excluding tert-OH is 1. The Kier molecular flexibility index (Phi) is 5.52. The molecule has 0 aromatic carbocycles. The summed E-state index contributed by atoms with van der Waals surface area (Å²) in [6, 6.07) is 4.27. The van der Waals surface area contributed by atoms with Crippen molar-refractivity contribution in [2.24, 2.45) is 5.41 Å². The van der Waals surface area contributed by atoms with Gasteiger partial charge in [-0.3, -0.25) is 4.98 Å². The van der Waals surface area contributed by atoms with Crippen LogP contribution in [0.15, 0.2) is 23.7 Å². The molecule has 110 valence electrons. The van der Waals surface area contributed by atoms with Crippen LogP contribution >= 0.6 is 11.3 Å². The van der Waals surface area contributed by atoms with Crippen LogP contribution in [0.4, 0.5) is 0 Å². The van der Waals surface area contributed by atoms with Gasteiger partial charge in [0.15, 0.2) is 0 Å². The number of aromatic nitrogens is 1. The van der Waals surface area contributed by atoms with Crippen molar-refractivity contribution in [1.29, 1.82) is 0 Å². The molecule has 2 N–H and O–H groups in total. The number of nitrogens with one attached hydrogen (secondary N) is 1. The molecular formula is C16H24N2OS. The Morgan fingerprint density at radius 2 is 2.15 bits per heavy atom. The summed E-state index contributed by atoms with van der Waals surface area (Å²) in [6.07, 6.45) is 5.02. The van der Waals surface area contributed by atoms with Crippen LogP contribution in [0.5, 0.6) is 0 Å². The highest BCUT2D eigenvalue weighted by atomic mass is 32.1. The average Bonchev–Trinajstić information content (AvgIpc) is 2.94. The molecule has 0 atom stereocenters. The summed E-state index contributed by atoms with van der Waals surface area (Å²) in [7, 11) is 0. The fourth-order valence-corrected chi connectivity index (χ4v) is 3.44. The van der Waals surface area contributed by atoms with E-state index in [1.807, 2.05) is 6.20 Å². The molecule has 0 aliphatic carbocycles. The molecule has 0 aliphatic heterocycles. The Morgan fingerprint density at radius 1 is 1.35 bits per heavy atom. The number of aliphatic hydroxyl groups is 1. The standard InChI is InChI=1S/C16H24N2OS/c1-3-16(4-2,6-7-19)12-17-10-13-9-15-14(18-11-13)5-8-20-15/h5,8-9,11,17,19H,3-4,6-7,10,12H2,1-2H3. The van der Waals surface area contributed by atoms with Crippen molar-refractivity contribution in [3.63, 3.8) is 0 Å². The van der Waals surface area contributed by atoms with Crippen molar-refractivity contribution in [2.75, 3.05) is 13.2 Å². The molecule has 4 heteroatoms. The fourth-order valence-electron chi connectivity index (χ4n) is 2.63. The van der Waals surface area contributed by atoms with E-state index in [0.717, 1.165) is 37.9 Å². The Labute approximate surface area is 125 Å². The molecule has 0 fully saturated rings. The lowest BCUT2D eigenvalue weighted by molar-refractivity contribution is 0.163. The first-order valence-corrected chi connectivity index (χ1v) is 8.24. The van der Waals surface area contributed by atoms with Gasteiger partial charge in [0.2, 0.25) is 0 Å². The molecule has 0 radical (unpaired) electrons. The maximum Gasteiger partial charge on any atom is 0.0809 e. The van der Waals surface area contributed by atoms with Crippen LogP contribution in [0.1, 0.15) is 38.7 Å². The molecule has 0 unspecified atom stereocenters. The molecule has 0 bridgehead atoms. The molecule has 2 aromatic heterocycles. The molecule has 2 heterocycles. The van der Waals surface area contributed by atoms with Crippen molar-refractivity contribution in [2.45, 2.75) is 39.7 Å². The topological polar surface area (TPSA) is 45.1 Å². The normalized spacial score (nSPS) is 12.2. The van der Waals surface area contributed by atoms with Crippen LogP contribution in [0.3, 0.4) is 0 Å². The first kappa shape index (κ1) is 15.4. The largest absolute Gasteiger partial charge is 0.396 e. The average molecular weight is 292 g/mol. The van der Waals surface area contributed by atoms with Gasteiger partial charge in [-0.05, 0) is 47.8 Å². The van der Waals surface area contributed by atoms with Crippen molar-refractivity contribution in [3.05, 3.63) is 29.3 Å². The van der Waals surface area contributed by atoms with Crippen molar-refractivity contribution in [1.82, 2.24) is 10.3 Å². The van der Waals surface area contributed by atoms with Crippen LogP contribution < -0.4 is 5.32 Å². The molecule has 0 saturated carbocycles. The molecule has 2 rings (SSSR count). The van der Waals surface area contributed by atoms with E-state index in [0.29, 0.717) is 0 Å². The summed E-state index contributed by atoms with van der Waals surface area (Å²) in [5.41, 5.74) is 2.52. The zero-order valence-electron chi connectivity index (χ0n) is 12.4. The SMILES string of the molecule is CCC(CC)(CCO)CNCc1cnc2ccsc2c1. The van der Waals surface area contributed by atoms with Crippen LogP contribution in [-0.4, -0.2) is 23.2 Å². The third kappa shape index (κ3) is 3.57. The van der Waals surface area contributed by atoms with Gasteiger partial charge in [0, 0.05) is 25.9 Å². The van der Waals surface area contributed by atoms with Crippen molar-refractivity contribution >= 4 is 21.6 Å². The maximum atomic E-state index is 9.24. The van der Waals surface area contributed by atoms with Gasteiger partial charge < -0.3 is 10.4 Å². The summed E-state index contributed by atoms with van der Waals surface area (Å²) in [5, 5.41) is 14.9. The van der Waals surface area contributed by atoms with Crippen LogP contribution in [-0.2, 0) is 6.54 Å². The molecule has 0 spiro atoms. The predicted molar refractivity (Wildman–Crippen MR) is 86.0 cm³/mol. The Hall–Kier alpha value is -0.970. The third-order valence-corrected chi connectivity index (χ3v) is 5.18. The van der Waals surface area contributed by atoms with Crippen LogP contribution in [0.25, 0.3) is 10.2 Å². The van der Waals surface area contributed by atoms with E-state index in [-0.39, 0.29) is 12.0 Å². The molecule has 0 amide bonds. The first-order valence-electron chi connectivity index (χ1n) is 7.36. The number of rotatable bonds is 8. The van der Waals surface area contributed by atoms with Gasteiger partial charge in [0.05, 0.1) is 10.2 Å². The van der Waals surface area contributed by atoms with Crippen molar-refractivity contribution < 1.29 is 5.11 Å². The third-order valence-electron chi connectivity index (χ3n) is 4.33. The highest BCUT2D eigenvalue weighted by Crippen LogP contribution is 2.29. The van der Waals surface area contributed by atoms with E-state index in [1.54, 1.807) is 11.3 Å². The van der Waals surface area contributed by atoms with E-state index in [9.17, 15) is 5.11 Å². The lowest BCUT2D eigenvalue weighted by Crippen LogP contribution is -2.34. The van der Waals surface area contributed by atoms with Gasteiger partial charge in [-0.2, -0.15) is 0 Å².